The third-order valence-electron chi connectivity index (χ3n) is 8.19. The number of carbonyl (C=O) groups excluding carboxylic acids is 2. The van der Waals surface area contributed by atoms with Gasteiger partial charge in [0.15, 0.2) is 0 Å². The van der Waals surface area contributed by atoms with Gasteiger partial charge in [-0.1, -0.05) is 87.9 Å². The van der Waals surface area contributed by atoms with Crippen molar-refractivity contribution in [3.63, 3.8) is 0 Å². The van der Waals surface area contributed by atoms with Gasteiger partial charge >= 0.3 is 11.9 Å². The molecule has 0 radical (unpaired) electrons. The molecule has 1 unspecified atom stereocenters. The highest BCUT2D eigenvalue weighted by Gasteiger charge is 2.38. The second kappa shape index (κ2) is 11.8. The van der Waals surface area contributed by atoms with Gasteiger partial charge in [0, 0.05) is 10.4 Å². The molecular formula is C31H39ClO4. The van der Waals surface area contributed by atoms with E-state index in [0.29, 0.717) is 17.4 Å². The van der Waals surface area contributed by atoms with Crippen LogP contribution in [0, 0.1) is 11.8 Å². The van der Waals surface area contributed by atoms with Gasteiger partial charge in [-0.2, -0.15) is 0 Å². The first-order valence-electron chi connectivity index (χ1n) is 13.4. The highest BCUT2D eigenvalue weighted by Crippen LogP contribution is 2.42. The summed E-state index contributed by atoms with van der Waals surface area (Å²) in [7, 11) is 1.40. The van der Waals surface area contributed by atoms with Crippen molar-refractivity contribution in [3.05, 3.63) is 69.7 Å². The van der Waals surface area contributed by atoms with Crippen LogP contribution in [0.2, 0.25) is 5.02 Å². The summed E-state index contributed by atoms with van der Waals surface area (Å²) < 4.78 is 11.4. The fraction of sp³-hybridized carbons (Fsp3) is 0.548. The second-order valence-corrected chi connectivity index (χ2v) is 11.6. The summed E-state index contributed by atoms with van der Waals surface area (Å²) in [6.45, 7) is 4.17. The van der Waals surface area contributed by atoms with E-state index in [0.717, 1.165) is 43.2 Å². The minimum atomic E-state index is -0.530. The maximum absolute atomic E-state index is 13.4. The number of methoxy groups -OCH3 is 1. The predicted octanol–water partition coefficient (Wildman–Crippen LogP) is 7.54. The number of halogens is 1. The van der Waals surface area contributed by atoms with E-state index in [-0.39, 0.29) is 18.4 Å². The van der Waals surface area contributed by atoms with Crippen LogP contribution in [0.3, 0.4) is 0 Å². The van der Waals surface area contributed by atoms with Gasteiger partial charge in [-0.05, 0) is 66.0 Å². The Bertz CT molecular complexity index is 1070. The van der Waals surface area contributed by atoms with Crippen LogP contribution in [0.15, 0.2) is 42.5 Å². The SMILES string of the molecule is COC(=O)[C@@H](CC(=O)OC(c1ccc2c(c1)CCC2)C(C)(C)c1cccc(Cl)c1)CC1CCCCC1. The highest BCUT2D eigenvalue weighted by molar-refractivity contribution is 6.30. The summed E-state index contributed by atoms with van der Waals surface area (Å²) >= 11 is 6.34. The molecule has 1 fully saturated rings. The average molecular weight is 511 g/mol. The summed E-state index contributed by atoms with van der Waals surface area (Å²) in [5.41, 5.74) is 4.16. The molecule has 2 aromatic rings. The van der Waals surface area contributed by atoms with Gasteiger partial charge in [-0.3, -0.25) is 9.59 Å². The Morgan fingerprint density at radius 3 is 2.47 bits per heavy atom. The highest BCUT2D eigenvalue weighted by atomic mass is 35.5. The zero-order chi connectivity index (χ0) is 25.7. The number of esters is 2. The first-order valence-corrected chi connectivity index (χ1v) is 13.8. The summed E-state index contributed by atoms with van der Waals surface area (Å²) in [5.74, 6) is -0.686. The quantitative estimate of drug-likeness (QED) is 0.327. The number of aryl methyl sites for hydroxylation is 2. The van der Waals surface area contributed by atoms with Crippen molar-refractivity contribution in [2.75, 3.05) is 7.11 Å². The summed E-state index contributed by atoms with van der Waals surface area (Å²) in [6, 6.07) is 14.2. The number of hydrogen-bond acceptors (Lipinski definition) is 4. The third-order valence-corrected chi connectivity index (χ3v) is 8.42. The monoisotopic (exact) mass is 510 g/mol. The molecule has 0 bridgehead atoms. The topological polar surface area (TPSA) is 52.6 Å². The lowest BCUT2D eigenvalue weighted by Crippen LogP contribution is -2.32. The van der Waals surface area contributed by atoms with Crippen molar-refractivity contribution in [1.29, 1.82) is 0 Å². The lowest BCUT2D eigenvalue weighted by molar-refractivity contribution is -0.159. The molecule has 2 aromatic carbocycles. The Balaban J connectivity index is 1.59. The number of ether oxygens (including phenoxy) is 2. The molecule has 36 heavy (non-hydrogen) atoms. The Hall–Kier alpha value is -2.33. The lowest BCUT2D eigenvalue weighted by Gasteiger charge is -2.35. The molecule has 194 valence electrons. The van der Waals surface area contributed by atoms with Gasteiger partial charge < -0.3 is 9.47 Å². The van der Waals surface area contributed by atoms with E-state index >= 15 is 0 Å². The summed E-state index contributed by atoms with van der Waals surface area (Å²) in [5, 5.41) is 0.651. The zero-order valence-corrected chi connectivity index (χ0v) is 22.6. The maximum Gasteiger partial charge on any atom is 0.309 e. The Labute approximate surface area is 220 Å². The van der Waals surface area contributed by atoms with E-state index in [4.69, 9.17) is 21.1 Å². The van der Waals surface area contributed by atoms with E-state index in [1.54, 1.807) is 0 Å². The fourth-order valence-electron chi connectivity index (χ4n) is 6.06. The van der Waals surface area contributed by atoms with E-state index in [1.807, 2.05) is 24.3 Å². The molecule has 0 spiro atoms. The normalized spacial score (nSPS) is 17.8. The Morgan fingerprint density at radius 1 is 1.00 bits per heavy atom. The average Bonchev–Trinajstić information content (AvgIpc) is 3.35. The van der Waals surface area contributed by atoms with Crippen molar-refractivity contribution in [1.82, 2.24) is 0 Å². The van der Waals surface area contributed by atoms with Crippen molar-refractivity contribution in [2.24, 2.45) is 11.8 Å². The van der Waals surface area contributed by atoms with Gasteiger partial charge in [0.25, 0.3) is 0 Å². The van der Waals surface area contributed by atoms with Gasteiger partial charge in [0.1, 0.15) is 6.10 Å². The summed E-state index contributed by atoms with van der Waals surface area (Å²) in [4.78, 5) is 26.0. The molecule has 0 heterocycles. The number of hydrogen-bond donors (Lipinski definition) is 0. The minimum Gasteiger partial charge on any atom is -0.469 e. The third kappa shape index (κ3) is 6.32. The van der Waals surface area contributed by atoms with E-state index < -0.39 is 17.4 Å². The summed E-state index contributed by atoms with van der Waals surface area (Å²) in [6.07, 6.45) is 9.37. The molecule has 0 saturated heterocycles. The molecule has 4 nitrogen and oxygen atoms in total. The van der Waals surface area contributed by atoms with Crippen LogP contribution in [0.4, 0.5) is 0 Å². The standard InChI is InChI=1S/C31H39ClO4/c1-31(2,26-13-8-14-27(32)20-26)29(24-16-15-22-11-7-12-23(22)18-24)36-28(33)19-25(30(34)35-3)17-21-9-5-4-6-10-21/h8,13-16,18,20-21,25,29H,4-7,9-12,17,19H2,1-3H3/t25-,29?/m1/s1. The molecule has 2 aliphatic rings. The van der Waals surface area contributed by atoms with Crippen LogP contribution < -0.4 is 0 Å². The van der Waals surface area contributed by atoms with Crippen LogP contribution in [0.1, 0.15) is 93.6 Å². The minimum absolute atomic E-state index is 0.0379. The van der Waals surface area contributed by atoms with E-state index in [2.05, 4.69) is 32.0 Å². The predicted molar refractivity (Wildman–Crippen MR) is 143 cm³/mol. The lowest BCUT2D eigenvalue weighted by atomic mass is 9.76. The smallest absolute Gasteiger partial charge is 0.309 e. The largest absolute Gasteiger partial charge is 0.469 e. The molecule has 0 aliphatic heterocycles. The van der Waals surface area contributed by atoms with Crippen molar-refractivity contribution < 1.29 is 19.1 Å². The molecule has 1 saturated carbocycles. The molecule has 5 heteroatoms. The number of rotatable bonds is 9. The first kappa shape index (κ1) is 26.7. The molecule has 2 atom stereocenters. The number of carbonyl (C=O) groups is 2. The van der Waals surface area contributed by atoms with Crippen molar-refractivity contribution >= 4 is 23.5 Å². The Morgan fingerprint density at radius 2 is 1.75 bits per heavy atom. The van der Waals surface area contributed by atoms with Crippen LogP contribution in [0.5, 0.6) is 0 Å². The molecule has 0 aromatic heterocycles. The van der Waals surface area contributed by atoms with Gasteiger partial charge in [-0.25, -0.2) is 0 Å². The van der Waals surface area contributed by atoms with E-state index in [9.17, 15) is 9.59 Å². The maximum atomic E-state index is 13.4. The van der Waals surface area contributed by atoms with Crippen LogP contribution >= 0.6 is 11.6 Å². The van der Waals surface area contributed by atoms with Gasteiger partial charge in [0.2, 0.25) is 0 Å². The zero-order valence-electron chi connectivity index (χ0n) is 21.9. The molecule has 0 amide bonds. The fourth-order valence-corrected chi connectivity index (χ4v) is 6.25. The van der Waals surface area contributed by atoms with Gasteiger partial charge in [-0.15, -0.1) is 0 Å². The first-order chi connectivity index (χ1) is 17.3. The van der Waals surface area contributed by atoms with Crippen molar-refractivity contribution in [2.45, 2.75) is 89.6 Å². The number of benzene rings is 2. The molecule has 4 rings (SSSR count). The Kier molecular flexibility index (Phi) is 8.77. The van der Waals surface area contributed by atoms with Crippen LogP contribution in [0.25, 0.3) is 0 Å². The van der Waals surface area contributed by atoms with Crippen molar-refractivity contribution in [3.8, 4) is 0 Å². The molecular weight excluding hydrogens is 472 g/mol. The second-order valence-electron chi connectivity index (χ2n) is 11.1. The van der Waals surface area contributed by atoms with Crippen LogP contribution in [-0.2, 0) is 37.3 Å². The van der Waals surface area contributed by atoms with Gasteiger partial charge in [0.05, 0.1) is 19.4 Å². The van der Waals surface area contributed by atoms with E-state index in [1.165, 1.54) is 37.5 Å². The molecule has 2 aliphatic carbocycles. The number of fused-ring (bicyclic) bond motifs is 1. The van der Waals surface area contributed by atoms with Crippen LogP contribution in [-0.4, -0.2) is 19.0 Å². The molecule has 0 N–H and O–H groups in total.